The van der Waals surface area contributed by atoms with Crippen molar-refractivity contribution < 1.29 is 12.8 Å². The molecule has 0 fully saturated rings. The van der Waals surface area contributed by atoms with Crippen LogP contribution in [0.15, 0.2) is 140 Å². The molecule has 6 aromatic rings. The van der Waals surface area contributed by atoms with E-state index in [0.29, 0.717) is 0 Å². The van der Waals surface area contributed by atoms with Crippen LogP contribution < -0.4 is 15.9 Å². The number of fused-ring (bicyclic) bond motifs is 3. The molecule has 2 heterocycles. The summed E-state index contributed by atoms with van der Waals surface area (Å²) in [7, 11) is -0.446. The van der Waals surface area contributed by atoms with Crippen molar-refractivity contribution in [2.45, 2.75) is 0 Å². The van der Waals surface area contributed by atoms with Crippen LogP contribution in [-0.2, 0) is 12.8 Å². The molecule has 0 N–H and O–H groups in total. The zero-order valence-electron chi connectivity index (χ0n) is 18.8. The van der Waals surface area contributed by atoms with E-state index in [-0.39, 0.29) is 0 Å². The van der Waals surface area contributed by atoms with Gasteiger partial charge in [-0.05, 0) is 36.0 Å². The van der Waals surface area contributed by atoms with E-state index in [4.69, 9.17) is 0 Å². The summed E-state index contributed by atoms with van der Waals surface area (Å²) in [6, 6.07) is 44.5. The minimum absolute atomic E-state index is 0.446. The van der Waals surface area contributed by atoms with Crippen LogP contribution >= 0.6 is 28.3 Å². The molecular weight excluding hydrogens is 610 g/mol. The molecule has 4 aromatic carbocycles. The van der Waals surface area contributed by atoms with E-state index in [1.54, 1.807) is 32.7 Å². The Bertz CT molecular complexity index is 1320. The predicted molar refractivity (Wildman–Crippen MR) is 156 cm³/mol. The Morgan fingerprint density at radius 1 is 0.429 bits per heavy atom. The van der Waals surface area contributed by atoms with Gasteiger partial charge >= 0.3 is 33.1 Å². The van der Waals surface area contributed by atoms with Gasteiger partial charge in [0.2, 0.25) is 0 Å². The quantitative estimate of drug-likeness (QED) is 0.0900. The van der Waals surface area contributed by atoms with E-state index in [1.807, 2.05) is 12.1 Å². The summed E-state index contributed by atoms with van der Waals surface area (Å²) in [4.78, 5) is 8.69. The average Bonchev–Trinajstić information content (AvgIpc) is 2.96. The van der Waals surface area contributed by atoms with Crippen LogP contribution in [0.25, 0.3) is 21.8 Å². The van der Waals surface area contributed by atoms with E-state index in [2.05, 4.69) is 138 Å². The number of hydrogen-bond acceptors (Lipinski definition) is 2. The summed E-state index contributed by atoms with van der Waals surface area (Å²) in [6.07, 6.45) is 3.60. The zero-order valence-corrected chi connectivity index (χ0v) is 22.8. The molecule has 2 aromatic heterocycles. The fourth-order valence-corrected chi connectivity index (χ4v) is 6.16. The van der Waals surface area contributed by atoms with Crippen LogP contribution in [-0.4, -0.2) is 9.97 Å². The van der Waals surface area contributed by atoms with Crippen LogP contribution in [0.1, 0.15) is 0 Å². The van der Waals surface area contributed by atoms with Gasteiger partial charge in [0.25, 0.3) is 0 Å². The summed E-state index contributed by atoms with van der Waals surface area (Å²) in [6.45, 7) is 0. The standard InChI is InChI=1S/C18H15P.C12H8N2.Cu.HI/c1-4-10-16(11-5-1)19(17-12-6-2-7-13-17)18-14-8-3-9-15-18;1-3-9-5-6-10-4-2-8-14-12(10)11(9)13-7-1;;/h1-15H;1-8H;;1H/q;;+1;/p-1. The Kier molecular flexibility index (Phi) is 9.80. The normalized spacial score (nSPS) is 10.3. The Morgan fingerprint density at radius 2 is 0.771 bits per heavy atom. The Labute approximate surface area is 227 Å². The minimum Gasteiger partial charge on any atom is -0.254 e. The first-order valence-corrected chi connectivity index (χ1v) is 15.4. The first-order valence-electron chi connectivity index (χ1n) is 11.1. The van der Waals surface area contributed by atoms with Gasteiger partial charge in [0, 0.05) is 23.2 Å². The van der Waals surface area contributed by atoms with E-state index >= 15 is 0 Å². The fraction of sp³-hybridized carbons (Fsp3) is 0. The van der Waals surface area contributed by atoms with E-state index < -0.39 is 7.92 Å². The first kappa shape index (κ1) is 25.5. The van der Waals surface area contributed by atoms with Crippen molar-refractivity contribution in [3.05, 3.63) is 140 Å². The molecule has 0 atom stereocenters. The number of pyridine rings is 2. The maximum absolute atomic E-state index is 4.35. The van der Waals surface area contributed by atoms with Crippen molar-refractivity contribution in [2.24, 2.45) is 0 Å². The average molecular weight is 633 g/mol. The van der Waals surface area contributed by atoms with E-state index in [0.717, 1.165) is 21.8 Å². The zero-order chi connectivity index (χ0) is 24.3. The third-order valence-electron chi connectivity index (χ3n) is 5.39. The molecule has 0 aliphatic carbocycles. The molecule has 2 nitrogen and oxygen atoms in total. The molecular formula is C30H23CuIN2P. The number of benzene rings is 4. The molecule has 0 saturated carbocycles. The minimum atomic E-state index is -0.446. The molecule has 35 heavy (non-hydrogen) atoms. The van der Waals surface area contributed by atoms with Gasteiger partial charge in [-0.3, -0.25) is 9.97 Å². The Hall–Kier alpha value is -2.62. The Balaban J connectivity index is 0.000000160. The van der Waals surface area contributed by atoms with Gasteiger partial charge in [0.15, 0.2) is 0 Å². The van der Waals surface area contributed by atoms with Gasteiger partial charge in [-0.2, -0.15) is 0 Å². The summed E-state index contributed by atoms with van der Waals surface area (Å²) in [5.41, 5.74) is 1.95. The summed E-state index contributed by atoms with van der Waals surface area (Å²) < 4.78 is 0. The molecule has 6 rings (SSSR count). The van der Waals surface area contributed by atoms with Gasteiger partial charge in [-0.25, -0.2) is 0 Å². The SMILES string of the molecule is [Cu][I].c1ccc(P(c2ccccc2)c2ccccc2)cc1.c1cnc2c(c1)ccc1cccnc12. The van der Waals surface area contributed by atoms with Crippen LogP contribution in [0.4, 0.5) is 0 Å². The van der Waals surface area contributed by atoms with Crippen molar-refractivity contribution in [3.63, 3.8) is 0 Å². The van der Waals surface area contributed by atoms with Crippen LogP contribution in [0.5, 0.6) is 0 Å². The second-order valence-corrected chi connectivity index (χ2v) is 9.78. The molecule has 0 unspecified atom stereocenters. The topological polar surface area (TPSA) is 25.8 Å². The van der Waals surface area contributed by atoms with Crippen molar-refractivity contribution in [2.75, 3.05) is 0 Å². The van der Waals surface area contributed by atoms with Gasteiger partial charge in [0.1, 0.15) is 0 Å². The molecule has 0 aliphatic rings. The van der Waals surface area contributed by atoms with Crippen LogP contribution in [0, 0.1) is 0 Å². The largest absolute Gasteiger partial charge is 0.254 e. The number of rotatable bonds is 3. The molecule has 0 saturated heterocycles. The molecule has 176 valence electrons. The number of nitrogens with zero attached hydrogens (tertiary/aromatic N) is 2. The molecule has 0 radical (unpaired) electrons. The molecule has 0 spiro atoms. The summed E-state index contributed by atoms with van der Waals surface area (Å²) in [5, 5.41) is 6.47. The summed E-state index contributed by atoms with van der Waals surface area (Å²) >= 11 is 5.87. The second-order valence-electron chi connectivity index (χ2n) is 7.56. The summed E-state index contributed by atoms with van der Waals surface area (Å²) in [5.74, 6) is 0. The van der Waals surface area contributed by atoms with Gasteiger partial charge in [-0.15, -0.1) is 0 Å². The van der Waals surface area contributed by atoms with Crippen LogP contribution in [0.2, 0.25) is 0 Å². The monoisotopic (exact) mass is 632 g/mol. The number of aromatic nitrogens is 2. The van der Waals surface area contributed by atoms with Crippen molar-refractivity contribution in [1.82, 2.24) is 9.97 Å². The molecule has 0 bridgehead atoms. The third-order valence-corrected chi connectivity index (χ3v) is 7.83. The van der Waals surface area contributed by atoms with Crippen LogP contribution in [0.3, 0.4) is 0 Å². The Morgan fingerprint density at radius 3 is 1.11 bits per heavy atom. The first-order chi connectivity index (χ1) is 17.4. The molecule has 0 aliphatic heterocycles. The maximum atomic E-state index is 4.35. The van der Waals surface area contributed by atoms with Crippen molar-refractivity contribution in [3.8, 4) is 0 Å². The smallest absolute Gasteiger partial charge is 0.0964 e. The maximum Gasteiger partial charge on any atom is 0.0964 e. The third kappa shape index (κ3) is 6.53. The predicted octanol–water partition coefficient (Wildman–Crippen LogP) is 7.11. The van der Waals surface area contributed by atoms with Gasteiger partial charge in [0.05, 0.1) is 11.0 Å². The van der Waals surface area contributed by atoms with Crippen molar-refractivity contribution >= 4 is 66.0 Å². The van der Waals surface area contributed by atoms with Gasteiger partial charge < -0.3 is 0 Å². The van der Waals surface area contributed by atoms with E-state index in [9.17, 15) is 0 Å². The molecule has 0 amide bonds. The molecule has 5 heteroatoms. The van der Waals surface area contributed by atoms with Crippen molar-refractivity contribution in [1.29, 1.82) is 0 Å². The number of hydrogen-bond donors (Lipinski definition) is 0. The fourth-order valence-electron chi connectivity index (χ4n) is 3.86. The second kappa shape index (κ2) is 13.5. The number of halogens is 1. The van der Waals surface area contributed by atoms with Gasteiger partial charge in [-0.1, -0.05) is 115 Å². The van der Waals surface area contributed by atoms with E-state index in [1.165, 1.54) is 15.9 Å².